The molecule has 0 radical (unpaired) electrons. The van der Waals surface area contributed by atoms with Gasteiger partial charge in [0, 0.05) is 0 Å². The van der Waals surface area contributed by atoms with Crippen LogP contribution in [0.4, 0.5) is 0 Å². The first-order chi connectivity index (χ1) is 15.5. The normalized spacial score (nSPS) is 23.9. The number of nitrogens with one attached hydrogen (secondary N) is 1. The van der Waals surface area contributed by atoms with Crippen LogP contribution in [0, 0.1) is 0 Å². The van der Waals surface area contributed by atoms with Gasteiger partial charge in [-0.15, -0.1) is 0 Å². The number of nitrogens with two attached hydrogens (primary N) is 1. The predicted molar refractivity (Wildman–Crippen MR) is 134 cm³/mol. The van der Waals surface area contributed by atoms with E-state index in [0.717, 1.165) is 25.2 Å². The van der Waals surface area contributed by atoms with Gasteiger partial charge in [0.2, 0.25) is 0 Å². The molecule has 0 bridgehead atoms. The first kappa shape index (κ1) is 26.1. The van der Waals surface area contributed by atoms with E-state index < -0.39 is 30.8 Å². The average Bonchev–Trinajstić information content (AvgIpc) is 3.28. The van der Waals surface area contributed by atoms with Gasteiger partial charge in [-0.1, -0.05) is 0 Å². The van der Waals surface area contributed by atoms with Crippen LogP contribution in [0.15, 0.2) is 75.3 Å². The summed E-state index contributed by atoms with van der Waals surface area (Å²) in [4.78, 5) is 19.8. The molecule has 0 aromatic heterocycles. The number of primary amides is 1. The van der Waals surface area contributed by atoms with Crippen LogP contribution in [-0.2, 0) is 4.79 Å². The first-order valence-corrected chi connectivity index (χ1v) is 17.2. The number of likely N-dealkylation sites (tertiary alicyclic amines) is 1. The molecule has 0 aromatic rings. The molecule has 1 saturated heterocycles. The summed E-state index contributed by atoms with van der Waals surface area (Å²) in [5.74, 6) is -0.333. The molecule has 0 aliphatic carbocycles. The monoisotopic (exact) mass is 631 g/mol. The second-order valence-corrected chi connectivity index (χ2v) is 12.7. The van der Waals surface area contributed by atoms with E-state index in [4.69, 9.17) is 5.73 Å². The number of aliphatic imine (C=N–C) groups is 1. The molecule has 2 rings (SSSR count). The fraction of sp³-hybridized carbons (Fsp3) is 0.417. The Morgan fingerprint density at radius 3 is 3.00 bits per heavy atom. The number of rotatable bonds is 11. The van der Waals surface area contributed by atoms with Crippen molar-refractivity contribution in [2.75, 3.05) is 19.6 Å². The van der Waals surface area contributed by atoms with Crippen LogP contribution in [0.5, 0.6) is 0 Å². The number of amides is 1. The number of allylic oxidation sites excluding steroid dienone is 6. The van der Waals surface area contributed by atoms with Crippen molar-refractivity contribution in [1.29, 1.82) is 0 Å². The summed E-state index contributed by atoms with van der Waals surface area (Å²) < 4.78 is 5.82. The van der Waals surface area contributed by atoms with Crippen molar-refractivity contribution in [3.63, 3.8) is 0 Å². The zero-order valence-electron chi connectivity index (χ0n) is 19.0. The van der Waals surface area contributed by atoms with Gasteiger partial charge in [0.05, 0.1) is 0 Å². The van der Waals surface area contributed by atoms with Crippen LogP contribution in [0.2, 0.25) is 0 Å². The molecule has 1 amide bonds. The number of hydrogen-bond donors (Lipinski definition) is 3. The van der Waals surface area contributed by atoms with Crippen LogP contribution in [-0.4, -0.2) is 83.5 Å². The molecule has 172 valence electrons. The minimum atomic E-state index is -1.49. The van der Waals surface area contributed by atoms with Gasteiger partial charge in [-0.3, -0.25) is 0 Å². The summed E-state index contributed by atoms with van der Waals surface area (Å²) in [6.45, 7) is 4.57. The van der Waals surface area contributed by atoms with Crippen molar-refractivity contribution in [2.24, 2.45) is 10.7 Å². The summed E-state index contributed by atoms with van der Waals surface area (Å²) in [7, 11) is 0. The Labute approximate surface area is 204 Å². The van der Waals surface area contributed by atoms with Gasteiger partial charge < -0.3 is 0 Å². The second kappa shape index (κ2) is 15.6. The van der Waals surface area contributed by atoms with E-state index >= 15 is 0 Å². The molecular weight excluding hydrogens is 595 g/mol. The fourth-order valence-corrected chi connectivity index (χ4v) is 7.69. The molecule has 2 aliphatic rings. The van der Waals surface area contributed by atoms with Gasteiger partial charge in [0.25, 0.3) is 0 Å². The van der Waals surface area contributed by atoms with E-state index in [0.29, 0.717) is 6.42 Å². The summed E-state index contributed by atoms with van der Waals surface area (Å²) in [6, 6.07) is 0.0881. The summed E-state index contributed by atoms with van der Waals surface area (Å²) >= 11 is -1.49. The number of nitrogens with zero attached hydrogens (tertiary/aromatic N) is 3. The number of hydrogen-bond acceptors (Lipinski definition) is 6. The van der Waals surface area contributed by atoms with E-state index in [-0.39, 0.29) is 18.5 Å². The summed E-state index contributed by atoms with van der Waals surface area (Å²) in [5.41, 5.74) is 6.49. The molecule has 32 heavy (non-hydrogen) atoms. The minimum absolute atomic E-state index is 0.0881. The standard InChI is InChI=1S/C15H24N3O.C9H11N2O.Tl.H/c1-3-14(2)18(13-15(16)19)12-6-4-5-9-17-10-7-8-11-17;10-8-4-1-2-6-9(12)11-7-3-5-8;;/h1,3,5-6,9,12,14H,4,7-8,10-11,13H2,2H3,(H2,16,19);1-5,7,9-10,12H,6H2;;/q;-1;+1;/b3-1?,9-5+,12-6-;2-1+,5-3-,8-4+,11-7?;;. The van der Waals surface area contributed by atoms with Crippen LogP contribution >= 0.6 is 0 Å². The van der Waals surface area contributed by atoms with Gasteiger partial charge >= 0.3 is 205 Å². The SMILES string of the molecule is CC(/C=[CH]/[TlH][NH]C1=C/C=C/CC(O)N=C/C=C\1)N(/C=C\C/C=C/N1CCCC1)CC(N)=O. The second-order valence-electron chi connectivity index (χ2n) is 7.86. The molecule has 0 spiro atoms. The van der Waals surface area contributed by atoms with Crippen molar-refractivity contribution in [3.05, 3.63) is 70.3 Å². The summed E-state index contributed by atoms with van der Waals surface area (Å²) in [5, 5.41) is 9.59. The van der Waals surface area contributed by atoms with Crippen LogP contribution in [0.3, 0.4) is 0 Å². The van der Waals surface area contributed by atoms with E-state index in [1.54, 1.807) is 6.21 Å². The maximum atomic E-state index is 11.5. The number of aliphatic hydroxyl groups excluding tert-OH is 1. The zero-order valence-corrected chi connectivity index (χ0v) is 24.5. The molecule has 0 aromatic carbocycles. The van der Waals surface area contributed by atoms with Crippen molar-refractivity contribution in [2.45, 2.75) is 44.9 Å². The van der Waals surface area contributed by atoms with E-state index in [9.17, 15) is 9.90 Å². The molecule has 4 N–H and O–H groups in total. The van der Waals surface area contributed by atoms with Crippen LogP contribution < -0.4 is 8.86 Å². The molecule has 2 atom stereocenters. The Balaban J connectivity index is 1.83. The van der Waals surface area contributed by atoms with Gasteiger partial charge in [-0.2, -0.15) is 0 Å². The fourth-order valence-electron chi connectivity index (χ4n) is 3.34. The Morgan fingerprint density at radius 1 is 1.41 bits per heavy atom. The molecule has 7 nitrogen and oxygen atoms in total. The van der Waals surface area contributed by atoms with E-state index in [1.165, 1.54) is 12.8 Å². The first-order valence-electron chi connectivity index (χ1n) is 11.3. The molecule has 1 fully saturated rings. The van der Waals surface area contributed by atoms with Crippen LogP contribution in [0.25, 0.3) is 0 Å². The van der Waals surface area contributed by atoms with Gasteiger partial charge in [-0.05, 0) is 0 Å². The van der Waals surface area contributed by atoms with Gasteiger partial charge in [0.15, 0.2) is 0 Å². The van der Waals surface area contributed by atoms with Crippen LogP contribution in [0.1, 0.15) is 32.6 Å². The third-order valence-electron chi connectivity index (χ3n) is 5.10. The van der Waals surface area contributed by atoms with Crippen molar-refractivity contribution >= 4 is 36.7 Å². The summed E-state index contributed by atoms with van der Waals surface area (Å²) in [6.07, 6.45) is 25.0. The topological polar surface area (TPSA) is 94.2 Å². The third kappa shape index (κ3) is 11.5. The Bertz CT molecular complexity index is 779. The Hall–Kier alpha value is -2.14. The molecule has 8 heteroatoms. The molecule has 2 heterocycles. The maximum absolute atomic E-state index is 11.5. The number of carbonyl (C=O) groups excluding carboxylic acids is 1. The molecule has 0 saturated carbocycles. The Kier molecular flexibility index (Phi) is 12.8. The van der Waals surface area contributed by atoms with Gasteiger partial charge in [0.1, 0.15) is 0 Å². The number of carbonyl (C=O) groups is 1. The number of aliphatic hydroxyl groups is 1. The zero-order chi connectivity index (χ0) is 23.0. The average molecular weight is 631 g/mol. The molecule has 2 unspecified atom stereocenters. The van der Waals surface area contributed by atoms with E-state index in [1.807, 2.05) is 41.5 Å². The van der Waals surface area contributed by atoms with Crippen molar-refractivity contribution in [1.82, 2.24) is 12.9 Å². The van der Waals surface area contributed by atoms with Crippen molar-refractivity contribution < 1.29 is 9.90 Å². The van der Waals surface area contributed by atoms with Gasteiger partial charge in [-0.25, -0.2) is 0 Å². The predicted octanol–water partition coefficient (Wildman–Crippen LogP) is 1.92. The van der Waals surface area contributed by atoms with Crippen molar-refractivity contribution in [3.8, 4) is 0 Å². The third-order valence-corrected chi connectivity index (χ3v) is 9.46. The Morgan fingerprint density at radius 2 is 2.22 bits per heavy atom. The molecule has 2 aliphatic heterocycles. The molecular formula is C24H36N5O2Tl. The van der Waals surface area contributed by atoms with E-state index in [2.05, 4.69) is 48.0 Å². The quantitative estimate of drug-likeness (QED) is 0.304.